The molecule has 3 amide bonds. The summed E-state index contributed by atoms with van der Waals surface area (Å²) in [6.45, 7) is -0.474. The minimum absolute atomic E-state index is 0.0238. The summed E-state index contributed by atoms with van der Waals surface area (Å²) >= 11 is 0. The standard InChI is InChI=1S/C21H27N5O7/c27-9-8-16(21(31)32)23-20(30)15-11-22-13-25-19(29)7-6-17(26(25,33)12-15)24-18(28)10-14-4-2-1-3-5-14/h1-5,9,15-17,22H,6-8,10-13H2,(H,23,30)(H,24,28)(H,31,32). The predicted octanol–water partition coefficient (Wildman–Crippen LogP) is -1.14. The highest BCUT2D eigenvalue weighted by atomic mass is 16.6. The van der Waals surface area contributed by atoms with E-state index < -0.39 is 47.1 Å². The average molecular weight is 461 g/mol. The lowest BCUT2D eigenvalue weighted by Gasteiger charge is -2.55. The summed E-state index contributed by atoms with van der Waals surface area (Å²) in [5.41, 5.74) is 0.765. The summed E-state index contributed by atoms with van der Waals surface area (Å²) in [5.74, 6) is -3.87. The molecule has 0 spiro atoms. The number of fused-ring (bicyclic) bond motifs is 1. The molecular formula is C21H27N5O7. The van der Waals surface area contributed by atoms with E-state index in [9.17, 15) is 34.3 Å². The van der Waals surface area contributed by atoms with E-state index in [2.05, 4.69) is 16.0 Å². The Morgan fingerprint density at radius 3 is 2.70 bits per heavy atom. The van der Waals surface area contributed by atoms with Gasteiger partial charge in [0.15, 0.2) is 6.17 Å². The number of aliphatic carboxylic acids is 1. The van der Waals surface area contributed by atoms with E-state index in [1.165, 1.54) is 0 Å². The Bertz CT molecular complexity index is 912. The van der Waals surface area contributed by atoms with Crippen LogP contribution in [-0.2, 0) is 30.4 Å². The van der Waals surface area contributed by atoms with Crippen LogP contribution in [0.5, 0.6) is 0 Å². The van der Waals surface area contributed by atoms with E-state index in [1.54, 1.807) is 24.3 Å². The molecule has 0 saturated carbocycles. The Hall–Kier alpha value is -3.35. The first kappa shape index (κ1) is 24.3. The van der Waals surface area contributed by atoms with Crippen LogP contribution >= 0.6 is 0 Å². The number of nitrogens with zero attached hydrogens (tertiary/aromatic N) is 2. The second kappa shape index (κ2) is 10.5. The molecule has 178 valence electrons. The lowest BCUT2D eigenvalue weighted by Crippen LogP contribution is -2.72. The second-order valence-electron chi connectivity index (χ2n) is 8.13. The van der Waals surface area contributed by atoms with Gasteiger partial charge in [-0.25, -0.2) is 9.55 Å². The largest absolute Gasteiger partial charge is 0.604 e. The number of nitrogens with one attached hydrogen (secondary N) is 3. The smallest absolute Gasteiger partial charge is 0.326 e. The fraction of sp³-hybridized carbons (Fsp3) is 0.476. The van der Waals surface area contributed by atoms with Gasteiger partial charge in [-0.2, -0.15) is 5.01 Å². The fourth-order valence-corrected chi connectivity index (χ4v) is 4.08. The van der Waals surface area contributed by atoms with E-state index in [4.69, 9.17) is 0 Å². The molecule has 4 atom stereocenters. The number of amides is 3. The molecule has 33 heavy (non-hydrogen) atoms. The normalized spacial score (nSPS) is 25.8. The van der Waals surface area contributed by atoms with Crippen molar-refractivity contribution in [3.63, 3.8) is 0 Å². The van der Waals surface area contributed by atoms with Crippen molar-refractivity contribution in [2.24, 2.45) is 5.92 Å². The van der Waals surface area contributed by atoms with Crippen LogP contribution < -0.4 is 16.0 Å². The second-order valence-corrected chi connectivity index (χ2v) is 8.13. The number of hydrogen-bond acceptors (Lipinski definition) is 7. The van der Waals surface area contributed by atoms with Gasteiger partial charge >= 0.3 is 5.97 Å². The molecule has 0 bridgehead atoms. The number of quaternary nitrogens is 1. The van der Waals surface area contributed by atoms with E-state index in [-0.39, 0.29) is 44.9 Å². The first-order valence-electron chi connectivity index (χ1n) is 10.6. The number of hydrogen-bond donors (Lipinski definition) is 4. The number of carboxylic acids is 1. The first-order chi connectivity index (χ1) is 15.7. The van der Waals surface area contributed by atoms with Gasteiger partial charge < -0.3 is 25.7 Å². The summed E-state index contributed by atoms with van der Waals surface area (Å²) in [4.78, 5) is 59.8. The molecule has 0 aliphatic carbocycles. The number of hydroxylamine groups is 2. The highest BCUT2D eigenvalue weighted by Crippen LogP contribution is 2.29. The van der Waals surface area contributed by atoms with Crippen LogP contribution in [0, 0.1) is 11.1 Å². The molecule has 1 aromatic rings. The Kier molecular flexibility index (Phi) is 7.74. The maximum Gasteiger partial charge on any atom is 0.326 e. The van der Waals surface area contributed by atoms with Crippen LogP contribution in [0.1, 0.15) is 24.8 Å². The van der Waals surface area contributed by atoms with Crippen LogP contribution in [0.2, 0.25) is 0 Å². The van der Waals surface area contributed by atoms with Crippen molar-refractivity contribution in [1.82, 2.24) is 21.0 Å². The highest BCUT2D eigenvalue weighted by Gasteiger charge is 2.48. The number of carbonyl (C=O) groups excluding carboxylic acids is 4. The van der Waals surface area contributed by atoms with Gasteiger partial charge in [0.05, 0.1) is 6.42 Å². The van der Waals surface area contributed by atoms with Gasteiger partial charge in [0.1, 0.15) is 31.5 Å². The highest BCUT2D eigenvalue weighted by molar-refractivity contribution is 5.86. The number of carboxylic acid groups (broad SMARTS) is 1. The van der Waals surface area contributed by atoms with Crippen molar-refractivity contribution in [2.45, 2.75) is 37.9 Å². The summed E-state index contributed by atoms with van der Waals surface area (Å²) in [7, 11) is 0. The molecule has 2 heterocycles. The Morgan fingerprint density at radius 1 is 1.30 bits per heavy atom. The molecule has 1 aromatic carbocycles. The van der Waals surface area contributed by atoms with Gasteiger partial charge in [0, 0.05) is 25.8 Å². The van der Waals surface area contributed by atoms with E-state index in [0.717, 1.165) is 10.6 Å². The van der Waals surface area contributed by atoms with Crippen molar-refractivity contribution in [1.29, 1.82) is 0 Å². The summed E-state index contributed by atoms with van der Waals surface area (Å²) in [6.07, 6.45) is -0.788. The zero-order chi connectivity index (χ0) is 24.0. The SMILES string of the molecule is O=CCC(NC(=O)C1CNCN2C(=O)CCC(NC(=O)Cc3ccccc3)[N+]2([O-])C1)C(=O)O. The van der Waals surface area contributed by atoms with E-state index >= 15 is 0 Å². The van der Waals surface area contributed by atoms with E-state index in [0.29, 0.717) is 6.29 Å². The first-order valence-corrected chi connectivity index (χ1v) is 10.6. The molecule has 2 aliphatic heterocycles. The summed E-state index contributed by atoms with van der Waals surface area (Å²) in [6, 6.07) is 7.56. The quantitative estimate of drug-likeness (QED) is 0.214. The van der Waals surface area contributed by atoms with Crippen LogP contribution in [0.3, 0.4) is 0 Å². The Morgan fingerprint density at radius 2 is 2.03 bits per heavy atom. The van der Waals surface area contributed by atoms with E-state index in [1.807, 2.05) is 6.07 Å². The zero-order valence-corrected chi connectivity index (χ0v) is 17.9. The maximum atomic E-state index is 13.9. The molecule has 0 aromatic heterocycles. The monoisotopic (exact) mass is 461 g/mol. The minimum atomic E-state index is -1.42. The number of aldehydes is 1. The van der Waals surface area contributed by atoms with Crippen molar-refractivity contribution in [3.8, 4) is 0 Å². The number of rotatable bonds is 8. The van der Waals surface area contributed by atoms with Gasteiger partial charge in [0.2, 0.25) is 11.8 Å². The van der Waals surface area contributed by atoms with Gasteiger partial charge in [-0.05, 0) is 5.56 Å². The summed E-state index contributed by atoms with van der Waals surface area (Å²) < 4.78 is -1.25. The molecule has 3 rings (SSSR count). The fourth-order valence-electron chi connectivity index (χ4n) is 4.08. The maximum absolute atomic E-state index is 13.9. The molecule has 12 heteroatoms. The molecule has 12 nitrogen and oxygen atoms in total. The van der Waals surface area contributed by atoms with Gasteiger partial charge in [-0.1, -0.05) is 30.3 Å². The molecule has 4 unspecified atom stereocenters. The van der Waals surface area contributed by atoms with Crippen molar-refractivity contribution in [3.05, 3.63) is 41.1 Å². The molecule has 2 aliphatic rings. The lowest BCUT2D eigenvalue weighted by atomic mass is 10.1. The zero-order valence-electron chi connectivity index (χ0n) is 17.9. The van der Waals surface area contributed by atoms with Crippen molar-refractivity contribution in [2.75, 3.05) is 19.8 Å². The third-order valence-electron chi connectivity index (χ3n) is 5.80. The van der Waals surface area contributed by atoms with Gasteiger partial charge in [0.25, 0.3) is 5.91 Å². The van der Waals surface area contributed by atoms with Crippen LogP contribution in [-0.4, -0.2) is 76.8 Å². The Balaban J connectivity index is 1.76. The number of benzene rings is 1. The van der Waals surface area contributed by atoms with Gasteiger partial charge in [-0.15, -0.1) is 0 Å². The van der Waals surface area contributed by atoms with Crippen LogP contribution in [0.15, 0.2) is 30.3 Å². The molecule has 4 N–H and O–H groups in total. The van der Waals surface area contributed by atoms with Crippen molar-refractivity contribution >= 4 is 30.0 Å². The van der Waals surface area contributed by atoms with Crippen LogP contribution in [0.25, 0.3) is 0 Å². The number of carbonyl (C=O) groups is 5. The third-order valence-corrected chi connectivity index (χ3v) is 5.80. The molecular weight excluding hydrogens is 434 g/mol. The van der Waals surface area contributed by atoms with Gasteiger partial charge in [-0.3, -0.25) is 19.7 Å². The topological polar surface area (TPSA) is 168 Å². The summed E-state index contributed by atoms with van der Waals surface area (Å²) in [5, 5.41) is 32.1. The van der Waals surface area contributed by atoms with Crippen molar-refractivity contribution < 1.29 is 33.8 Å². The lowest BCUT2D eigenvalue weighted by molar-refractivity contribution is -1.01. The molecule has 2 fully saturated rings. The average Bonchev–Trinajstić information content (AvgIpc) is 2.96. The third kappa shape index (κ3) is 5.72. The predicted molar refractivity (Wildman–Crippen MR) is 113 cm³/mol. The molecule has 2 saturated heterocycles. The molecule has 0 radical (unpaired) electrons. The Labute approximate surface area is 190 Å². The van der Waals surface area contributed by atoms with Crippen LogP contribution in [0.4, 0.5) is 0 Å². The minimum Gasteiger partial charge on any atom is -0.604 e.